The van der Waals surface area contributed by atoms with E-state index in [1.54, 1.807) is 12.1 Å². The molecule has 1 saturated heterocycles. The number of carboxylic acids is 1. The van der Waals surface area contributed by atoms with Crippen molar-refractivity contribution in [1.82, 2.24) is 0 Å². The van der Waals surface area contributed by atoms with Crippen molar-refractivity contribution >= 4 is 46.6 Å². The van der Waals surface area contributed by atoms with E-state index in [0.717, 1.165) is 53.3 Å². The number of aliphatic carboxylic acids is 1. The number of hydrogen-bond donors (Lipinski definition) is 1. The minimum absolute atomic E-state index is 0.248. The van der Waals surface area contributed by atoms with Crippen molar-refractivity contribution in [2.24, 2.45) is 5.92 Å². The maximum atomic E-state index is 14.0. The number of allylic oxidation sites excluding steroid dienone is 1. The lowest BCUT2D eigenvalue weighted by Gasteiger charge is -2.48. The Kier molecular flexibility index (Phi) is 7.03. The number of halogens is 2. The first-order valence-electron chi connectivity index (χ1n) is 12.6. The molecule has 2 aliphatic heterocycles. The number of anilines is 1. The number of rotatable bonds is 7. The molecular weight excluding hydrogens is 485 g/mol. The highest BCUT2D eigenvalue weighted by atomic mass is 35.5. The van der Waals surface area contributed by atoms with Crippen molar-refractivity contribution in [1.29, 1.82) is 0 Å². The number of benzene rings is 3. The highest BCUT2D eigenvalue weighted by Gasteiger charge is 2.38. The van der Waals surface area contributed by atoms with E-state index in [9.17, 15) is 9.18 Å². The van der Waals surface area contributed by atoms with Crippen LogP contribution in [-0.4, -0.2) is 23.7 Å². The van der Waals surface area contributed by atoms with Gasteiger partial charge in [-0.1, -0.05) is 74.0 Å². The van der Waals surface area contributed by atoms with E-state index < -0.39 is 5.97 Å². The summed E-state index contributed by atoms with van der Waals surface area (Å²) in [7, 11) is 0. The highest BCUT2D eigenvalue weighted by molar-refractivity contribution is 6.32. The lowest BCUT2D eigenvalue weighted by atomic mass is 9.77. The molecule has 0 saturated carbocycles. The van der Waals surface area contributed by atoms with Gasteiger partial charge in [-0.25, -0.2) is 9.18 Å². The Hall–Kier alpha value is -3.63. The molecule has 5 rings (SSSR count). The number of carboxylic acid groups (broad SMARTS) is 1. The summed E-state index contributed by atoms with van der Waals surface area (Å²) in [5, 5.41) is 9.41. The molecule has 1 atom stereocenters. The van der Waals surface area contributed by atoms with Gasteiger partial charge in [0.25, 0.3) is 0 Å². The van der Waals surface area contributed by atoms with Crippen LogP contribution in [0.1, 0.15) is 48.9 Å². The van der Waals surface area contributed by atoms with Crippen LogP contribution in [0.5, 0.6) is 0 Å². The molecule has 0 radical (unpaired) electrons. The Bertz CT molecular complexity index is 1440. The van der Waals surface area contributed by atoms with E-state index >= 15 is 0 Å². The first-order valence-corrected chi connectivity index (χ1v) is 13.0. The average molecular weight is 514 g/mol. The fourth-order valence-corrected chi connectivity index (χ4v) is 5.59. The number of hydrogen-bond acceptors (Lipinski definition) is 2. The second-order valence-electron chi connectivity index (χ2n) is 10.0. The van der Waals surface area contributed by atoms with Crippen molar-refractivity contribution < 1.29 is 14.3 Å². The zero-order valence-electron chi connectivity index (χ0n) is 20.9. The summed E-state index contributed by atoms with van der Waals surface area (Å²) < 4.78 is 14.0. The van der Waals surface area contributed by atoms with Crippen molar-refractivity contribution in [3.05, 3.63) is 111 Å². The van der Waals surface area contributed by atoms with Gasteiger partial charge in [-0.05, 0) is 88.1 Å². The van der Waals surface area contributed by atoms with Gasteiger partial charge >= 0.3 is 5.97 Å². The Morgan fingerprint density at radius 3 is 2.54 bits per heavy atom. The largest absolute Gasteiger partial charge is 0.478 e. The molecule has 0 aromatic heterocycles. The predicted molar refractivity (Wildman–Crippen MR) is 151 cm³/mol. The summed E-state index contributed by atoms with van der Waals surface area (Å²) in [5.41, 5.74) is 8.54. The zero-order valence-corrected chi connectivity index (χ0v) is 21.7. The molecular formula is C32H29ClFNO2. The van der Waals surface area contributed by atoms with Crippen molar-refractivity contribution in [2.45, 2.75) is 32.7 Å². The van der Waals surface area contributed by atoms with Gasteiger partial charge in [0.15, 0.2) is 0 Å². The van der Waals surface area contributed by atoms with E-state index in [2.05, 4.69) is 49.1 Å². The summed E-state index contributed by atoms with van der Waals surface area (Å²) >= 11 is 6.67. The summed E-state index contributed by atoms with van der Waals surface area (Å²) in [6.07, 6.45) is 6.84. The minimum atomic E-state index is -0.981. The lowest BCUT2D eigenvalue weighted by molar-refractivity contribution is -0.131. The van der Waals surface area contributed by atoms with Gasteiger partial charge in [0.05, 0.1) is 11.1 Å². The quantitative estimate of drug-likeness (QED) is 0.255. The van der Waals surface area contributed by atoms with Gasteiger partial charge in [-0.15, -0.1) is 0 Å². The molecule has 1 fully saturated rings. The summed E-state index contributed by atoms with van der Waals surface area (Å²) in [6, 6.07) is 21.3. The van der Waals surface area contributed by atoms with Gasteiger partial charge < -0.3 is 10.0 Å². The van der Waals surface area contributed by atoms with Gasteiger partial charge in [0.1, 0.15) is 5.82 Å². The number of carbonyl (C=O) groups is 1. The Balaban J connectivity index is 1.76. The van der Waals surface area contributed by atoms with E-state index in [-0.39, 0.29) is 11.9 Å². The Morgan fingerprint density at radius 2 is 1.89 bits per heavy atom. The summed E-state index contributed by atoms with van der Waals surface area (Å²) in [5.74, 6) is -0.992. The van der Waals surface area contributed by atoms with Crippen molar-refractivity contribution in [3.8, 4) is 0 Å². The molecule has 3 nitrogen and oxygen atoms in total. The van der Waals surface area contributed by atoms with Gasteiger partial charge in [-0.2, -0.15) is 0 Å². The molecule has 3 aromatic rings. The second kappa shape index (κ2) is 10.4. The third kappa shape index (κ3) is 5.12. The number of fused-ring (bicyclic) bond motifs is 3. The molecule has 2 aliphatic rings. The topological polar surface area (TPSA) is 40.5 Å². The molecule has 1 N–H and O–H groups in total. The van der Waals surface area contributed by atoms with Crippen LogP contribution < -0.4 is 4.90 Å². The van der Waals surface area contributed by atoms with Crippen molar-refractivity contribution in [2.75, 3.05) is 11.4 Å². The molecule has 0 amide bonds. The molecule has 3 aromatic carbocycles. The standard InChI is InChI=1S/C32H29ClFNO2/c1-20(2)17-26(25-13-12-24(34)19-28(25)33)32(22-10-7-21(8-11-22)9-14-31(36)37)27-18-23-5-3-4-6-29(23)35-16-15-30(27)35/h3-14,18-20,30H,15-17H2,1-2H3,(H,36,37)/b14-9+,32-26+. The first-order chi connectivity index (χ1) is 17.8. The average Bonchev–Trinajstić information content (AvgIpc) is 2.83. The van der Waals surface area contributed by atoms with E-state index in [0.29, 0.717) is 10.9 Å². The minimum Gasteiger partial charge on any atom is -0.478 e. The van der Waals surface area contributed by atoms with Crippen LogP contribution in [0, 0.1) is 11.7 Å². The SMILES string of the molecule is CC(C)C/C(=C(\C1=Cc2ccccc2N2CCC12)c1ccc(/C=C/C(=O)O)cc1)c1ccc(F)cc1Cl. The maximum absolute atomic E-state index is 14.0. The molecule has 5 heteroatoms. The third-order valence-electron chi connectivity index (χ3n) is 7.01. The van der Waals surface area contributed by atoms with E-state index in [1.165, 1.54) is 29.0 Å². The van der Waals surface area contributed by atoms with Gasteiger partial charge in [-0.3, -0.25) is 0 Å². The zero-order chi connectivity index (χ0) is 26.1. The first kappa shape index (κ1) is 25.0. The molecule has 0 bridgehead atoms. The van der Waals surface area contributed by atoms with E-state index in [4.69, 9.17) is 16.7 Å². The maximum Gasteiger partial charge on any atom is 0.328 e. The number of para-hydroxylation sites is 1. The monoisotopic (exact) mass is 513 g/mol. The smallest absolute Gasteiger partial charge is 0.328 e. The molecule has 37 heavy (non-hydrogen) atoms. The van der Waals surface area contributed by atoms with Crippen LogP contribution in [0.25, 0.3) is 23.3 Å². The summed E-state index contributed by atoms with van der Waals surface area (Å²) in [6.45, 7) is 5.35. The summed E-state index contributed by atoms with van der Waals surface area (Å²) in [4.78, 5) is 13.4. The second-order valence-corrected chi connectivity index (χ2v) is 10.4. The lowest BCUT2D eigenvalue weighted by Crippen LogP contribution is -2.50. The van der Waals surface area contributed by atoms with Crippen LogP contribution in [-0.2, 0) is 4.79 Å². The van der Waals surface area contributed by atoms with Crippen molar-refractivity contribution in [3.63, 3.8) is 0 Å². The van der Waals surface area contributed by atoms with E-state index in [1.807, 2.05) is 24.3 Å². The van der Waals surface area contributed by atoms with Crippen LogP contribution in [0.4, 0.5) is 10.1 Å². The normalized spacial score (nSPS) is 17.2. The van der Waals surface area contributed by atoms with Crippen LogP contribution in [0.15, 0.2) is 78.4 Å². The van der Waals surface area contributed by atoms with Crippen LogP contribution in [0.3, 0.4) is 0 Å². The van der Waals surface area contributed by atoms with Gasteiger partial charge in [0, 0.05) is 18.3 Å². The molecule has 1 unspecified atom stereocenters. The van der Waals surface area contributed by atoms with Crippen LogP contribution in [0.2, 0.25) is 5.02 Å². The van der Waals surface area contributed by atoms with Crippen LogP contribution >= 0.6 is 11.6 Å². The number of nitrogens with zero attached hydrogens (tertiary/aromatic N) is 1. The fourth-order valence-electron chi connectivity index (χ4n) is 5.31. The molecule has 2 heterocycles. The Labute approximate surface area is 222 Å². The molecule has 0 spiro atoms. The Morgan fingerprint density at radius 1 is 1.14 bits per heavy atom. The molecule has 0 aliphatic carbocycles. The fraction of sp³-hybridized carbons (Fsp3) is 0.219. The van der Waals surface area contributed by atoms with Gasteiger partial charge in [0.2, 0.25) is 0 Å². The predicted octanol–water partition coefficient (Wildman–Crippen LogP) is 8.21. The third-order valence-corrected chi connectivity index (χ3v) is 7.33. The molecule has 188 valence electrons. The highest BCUT2D eigenvalue weighted by Crippen LogP contribution is 2.47.